The van der Waals surface area contributed by atoms with E-state index in [2.05, 4.69) is 20.6 Å². The Hall–Kier alpha value is -5.41. The second-order valence-corrected chi connectivity index (χ2v) is 13.3. The van der Waals surface area contributed by atoms with E-state index in [1.807, 2.05) is 6.92 Å². The Morgan fingerprint density at radius 2 is 1.87 bits per heavy atom. The third kappa shape index (κ3) is 7.90. The zero-order valence-electron chi connectivity index (χ0n) is 28.8. The van der Waals surface area contributed by atoms with Crippen molar-refractivity contribution >= 4 is 29.3 Å². The lowest BCUT2D eigenvalue weighted by Crippen LogP contribution is -2.49. The number of rotatable bonds is 6. The Bertz CT molecular complexity index is 1980. The number of nitrogens with zero attached hydrogens (tertiary/aromatic N) is 5. The lowest BCUT2D eigenvalue weighted by Gasteiger charge is -2.26. The quantitative estimate of drug-likeness (QED) is 0.307. The van der Waals surface area contributed by atoms with E-state index in [9.17, 15) is 23.6 Å². The largest absolute Gasteiger partial charge is 0.457 e. The van der Waals surface area contributed by atoms with Crippen LogP contribution in [0.2, 0.25) is 0 Å². The van der Waals surface area contributed by atoms with Gasteiger partial charge >= 0.3 is 0 Å². The molecule has 2 atom stereocenters. The van der Waals surface area contributed by atoms with Gasteiger partial charge in [-0.3, -0.25) is 28.6 Å². The molecule has 15 heteroatoms. The standard InChI is InChI=1S/C37H40FN7O7/c1-2-6-43-21-34(46)42-31-19-44(36(48)24-3-8-50-9-4-24)20-32(31)51-22-23-10-27(38)15-29(11-23)52-30-13-25(12-26(14-30)37(43)49)35(47)41-17-28-16-40-33-18-39-5-7-45(28)33/h5,7,10-16,18,24,31-32H,2-4,6,8-9,17,19-22H2,1H3,(H,41,47)(H,42,46)/t31-,32-/m1/s1. The van der Waals surface area contributed by atoms with Crippen LogP contribution in [0.15, 0.2) is 61.2 Å². The molecule has 0 unspecified atom stereocenters. The van der Waals surface area contributed by atoms with Crippen molar-refractivity contribution in [2.24, 2.45) is 5.92 Å². The molecule has 2 fully saturated rings. The summed E-state index contributed by atoms with van der Waals surface area (Å²) in [5.74, 6) is -1.90. The molecule has 2 aromatic heterocycles. The van der Waals surface area contributed by atoms with Crippen LogP contribution < -0.4 is 15.4 Å². The van der Waals surface area contributed by atoms with Crippen molar-refractivity contribution in [3.63, 3.8) is 0 Å². The summed E-state index contributed by atoms with van der Waals surface area (Å²) in [4.78, 5) is 66.1. The minimum atomic E-state index is -0.577. The molecule has 7 rings (SSSR count). The van der Waals surface area contributed by atoms with Crippen molar-refractivity contribution in [1.82, 2.24) is 34.8 Å². The van der Waals surface area contributed by atoms with E-state index in [1.165, 1.54) is 35.2 Å². The second kappa shape index (κ2) is 15.5. The monoisotopic (exact) mass is 713 g/mol. The number of hydrogen-bond acceptors (Lipinski definition) is 9. The highest BCUT2D eigenvalue weighted by atomic mass is 19.1. The average molecular weight is 714 g/mol. The summed E-state index contributed by atoms with van der Waals surface area (Å²) in [5, 5.41) is 5.87. The molecule has 0 aliphatic carbocycles. The molecule has 0 spiro atoms. The molecule has 3 aliphatic heterocycles. The highest BCUT2D eigenvalue weighted by Gasteiger charge is 2.39. The van der Waals surface area contributed by atoms with Gasteiger partial charge in [-0.15, -0.1) is 0 Å². The van der Waals surface area contributed by atoms with E-state index in [0.717, 1.165) is 0 Å². The molecular formula is C37H40FN7O7. The van der Waals surface area contributed by atoms with Gasteiger partial charge in [-0.25, -0.2) is 9.37 Å². The van der Waals surface area contributed by atoms with Crippen molar-refractivity contribution in [3.05, 3.63) is 89.4 Å². The smallest absolute Gasteiger partial charge is 0.254 e. The topological polar surface area (TPSA) is 157 Å². The summed E-state index contributed by atoms with van der Waals surface area (Å²) in [6.07, 6.45) is 7.83. The van der Waals surface area contributed by atoms with E-state index in [4.69, 9.17) is 14.2 Å². The summed E-state index contributed by atoms with van der Waals surface area (Å²) in [7, 11) is 0. The van der Waals surface area contributed by atoms with Gasteiger partial charge in [0.15, 0.2) is 5.65 Å². The molecule has 0 saturated carbocycles. The van der Waals surface area contributed by atoms with Crippen LogP contribution in [0.5, 0.6) is 11.5 Å². The number of aromatic nitrogens is 3. The zero-order chi connectivity index (χ0) is 36.2. The van der Waals surface area contributed by atoms with Gasteiger partial charge in [-0.05, 0) is 55.2 Å². The van der Waals surface area contributed by atoms with Crippen LogP contribution in [-0.4, -0.2) is 99.3 Å². The highest BCUT2D eigenvalue weighted by Crippen LogP contribution is 2.29. The van der Waals surface area contributed by atoms with Crippen LogP contribution in [0.25, 0.3) is 5.65 Å². The van der Waals surface area contributed by atoms with Crippen molar-refractivity contribution in [2.45, 2.75) is 51.5 Å². The fraction of sp³-hybridized carbons (Fsp3) is 0.405. The van der Waals surface area contributed by atoms with Gasteiger partial charge < -0.3 is 34.6 Å². The van der Waals surface area contributed by atoms with Gasteiger partial charge in [0.05, 0.1) is 49.9 Å². The second-order valence-electron chi connectivity index (χ2n) is 13.3. The molecule has 2 N–H and O–H groups in total. The average Bonchev–Trinajstić information content (AvgIpc) is 3.75. The summed E-state index contributed by atoms with van der Waals surface area (Å²) in [6, 6.07) is 7.96. The number of imidazole rings is 1. The van der Waals surface area contributed by atoms with Crippen LogP contribution in [0, 0.1) is 11.7 Å². The summed E-state index contributed by atoms with van der Waals surface area (Å²) in [6.45, 7) is 3.53. The number of ether oxygens (including phenoxy) is 3. The number of fused-ring (bicyclic) bond motifs is 6. The third-order valence-corrected chi connectivity index (χ3v) is 9.48. The first-order valence-electron chi connectivity index (χ1n) is 17.5. The minimum Gasteiger partial charge on any atom is -0.457 e. The molecule has 14 nitrogen and oxygen atoms in total. The number of carbonyl (C=O) groups excluding carboxylic acids is 4. The molecule has 4 aromatic rings. The number of carbonyl (C=O) groups is 4. The first-order valence-corrected chi connectivity index (χ1v) is 17.5. The summed E-state index contributed by atoms with van der Waals surface area (Å²) in [5.41, 5.74) is 2.04. The molecule has 0 radical (unpaired) electrons. The SMILES string of the molecule is CCCN1CC(=O)N[C@@H]2CN(C(=O)C3CCOCC3)C[C@H]2OCc2cc(F)cc(c2)Oc2cc(C(=O)NCc3cnc4cnccn34)cc(c2)C1=O. The predicted octanol–water partition coefficient (Wildman–Crippen LogP) is 3.10. The fourth-order valence-corrected chi connectivity index (χ4v) is 6.91. The van der Waals surface area contributed by atoms with Crippen LogP contribution in [0.1, 0.15) is 58.2 Å². The minimum absolute atomic E-state index is 0.0151. The molecule has 3 aliphatic rings. The van der Waals surface area contributed by atoms with Crippen molar-refractivity contribution in [1.29, 1.82) is 0 Å². The number of amides is 4. The highest BCUT2D eigenvalue weighted by molar-refractivity contribution is 6.01. The van der Waals surface area contributed by atoms with Gasteiger partial charge in [0.2, 0.25) is 11.8 Å². The van der Waals surface area contributed by atoms with Crippen LogP contribution in [0.3, 0.4) is 0 Å². The zero-order valence-corrected chi connectivity index (χ0v) is 28.8. The first kappa shape index (κ1) is 35.0. The molecule has 4 amide bonds. The number of nitrogens with one attached hydrogen (secondary N) is 2. The van der Waals surface area contributed by atoms with Crippen molar-refractivity contribution in [2.75, 3.05) is 39.4 Å². The molecule has 4 bridgehead atoms. The number of likely N-dealkylation sites (tertiary alicyclic amines) is 1. The molecule has 272 valence electrons. The first-order chi connectivity index (χ1) is 25.2. The number of hydrogen-bond donors (Lipinski definition) is 2. The Balaban J connectivity index is 1.17. The van der Waals surface area contributed by atoms with E-state index < -0.39 is 35.7 Å². The number of halogens is 1. The maximum atomic E-state index is 15.0. The Labute approximate surface area is 299 Å². The van der Waals surface area contributed by atoms with E-state index in [0.29, 0.717) is 49.4 Å². The van der Waals surface area contributed by atoms with Crippen LogP contribution >= 0.6 is 0 Å². The maximum absolute atomic E-state index is 15.0. The predicted molar refractivity (Wildman–Crippen MR) is 184 cm³/mol. The Morgan fingerprint density at radius 3 is 2.69 bits per heavy atom. The Morgan fingerprint density at radius 1 is 1.04 bits per heavy atom. The fourth-order valence-electron chi connectivity index (χ4n) is 6.91. The molecule has 5 heterocycles. The summed E-state index contributed by atoms with van der Waals surface area (Å²) < 4.78 is 34.5. The molecular weight excluding hydrogens is 673 g/mol. The van der Waals surface area contributed by atoms with Gasteiger partial charge in [0, 0.05) is 68.4 Å². The van der Waals surface area contributed by atoms with Gasteiger partial charge in [-0.1, -0.05) is 6.92 Å². The van der Waals surface area contributed by atoms with Crippen LogP contribution in [0.4, 0.5) is 4.39 Å². The Kier molecular flexibility index (Phi) is 10.4. The molecule has 2 saturated heterocycles. The van der Waals surface area contributed by atoms with Gasteiger partial charge in [0.1, 0.15) is 17.3 Å². The lowest BCUT2D eigenvalue weighted by atomic mass is 9.99. The molecule has 52 heavy (non-hydrogen) atoms. The van der Waals surface area contributed by atoms with Gasteiger partial charge in [-0.2, -0.15) is 0 Å². The van der Waals surface area contributed by atoms with Crippen molar-refractivity contribution in [3.8, 4) is 11.5 Å². The lowest BCUT2D eigenvalue weighted by molar-refractivity contribution is -0.138. The third-order valence-electron chi connectivity index (χ3n) is 9.48. The number of benzene rings is 2. The molecule has 2 aromatic carbocycles. The van der Waals surface area contributed by atoms with E-state index in [1.54, 1.807) is 40.2 Å². The summed E-state index contributed by atoms with van der Waals surface area (Å²) >= 11 is 0. The maximum Gasteiger partial charge on any atom is 0.254 e. The van der Waals surface area contributed by atoms with Crippen molar-refractivity contribution < 1.29 is 37.8 Å². The van der Waals surface area contributed by atoms with Gasteiger partial charge in [0.25, 0.3) is 11.8 Å². The normalized spacial score (nSPS) is 20.0. The van der Waals surface area contributed by atoms with E-state index in [-0.39, 0.29) is 73.8 Å². The van der Waals surface area contributed by atoms with E-state index >= 15 is 0 Å². The van der Waals surface area contributed by atoms with Crippen LogP contribution in [-0.2, 0) is 32.2 Å².